The van der Waals surface area contributed by atoms with Gasteiger partial charge < -0.3 is 10.1 Å². The van der Waals surface area contributed by atoms with Gasteiger partial charge in [0.2, 0.25) is 0 Å². The molecule has 3 rings (SSSR count). The molecule has 0 aliphatic heterocycles. The van der Waals surface area contributed by atoms with Crippen LogP contribution in [0.2, 0.25) is 0 Å². The third kappa shape index (κ3) is 4.24. The number of halogens is 1. The number of benzene rings is 1. The Labute approximate surface area is 153 Å². The lowest BCUT2D eigenvalue weighted by Gasteiger charge is -2.06. The fourth-order valence-corrected chi connectivity index (χ4v) is 3.99. The Hall–Kier alpha value is -2.25. The molecule has 0 radical (unpaired) electrons. The number of nitrogens with one attached hydrogen (secondary N) is 1. The smallest absolute Gasteiger partial charge is 0.251 e. The Bertz CT molecular complexity index is 889. The van der Waals surface area contributed by atoms with Gasteiger partial charge in [0.1, 0.15) is 0 Å². The molecule has 1 aromatic carbocycles. The minimum atomic E-state index is -0.545. The summed E-state index contributed by atoms with van der Waals surface area (Å²) in [6.07, 6.45) is 0.720. The maximum atomic E-state index is 13.7. The van der Waals surface area contributed by atoms with Gasteiger partial charge >= 0.3 is 0 Å². The molecule has 0 aliphatic carbocycles. The van der Waals surface area contributed by atoms with Gasteiger partial charge in [0, 0.05) is 22.4 Å². The molecule has 0 aliphatic rings. The van der Waals surface area contributed by atoms with Crippen LogP contribution in [0, 0.1) is 12.7 Å². The maximum Gasteiger partial charge on any atom is 0.251 e. The van der Waals surface area contributed by atoms with Gasteiger partial charge in [0.25, 0.3) is 5.91 Å². The summed E-state index contributed by atoms with van der Waals surface area (Å²) in [5.41, 5.74) is 1.28. The van der Waals surface area contributed by atoms with Crippen LogP contribution in [0.4, 0.5) is 4.39 Å². The van der Waals surface area contributed by atoms with Crippen LogP contribution in [-0.4, -0.2) is 24.5 Å². The fourth-order valence-electron chi connectivity index (χ4n) is 2.34. The highest BCUT2D eigenvalue weighted by Crippen LogP contribution is 2.29. The topological polar surface area (TPSA) is 51.2 Å². The minimum Gasteiger partial charge on any atom is -0.494 e. The van der Waals surface area contributed by atoms with Crippen molar-refractivity contribution < 1.29 is 13.9 Å². The van der Waals surface area contributed by atoms with Gasteiger partial charge in [-0.15, -0.1) is 22.7 Å². The zero-order valence-electron chi connectivity index (χ0n) is 13.8. The number of aromatic nitrogens is 1. The Morgan fingerprint density at radius 2 is 2.16 bits per heavy atom. The summed E-state index contributed by atoms with van der Waals surface area (Å²) in [7, 11) is 1.39. The van der Waals surface area contributed by atoms with Crippen LogP contribution in [0.15, 0.2) is 35.7 Å². The van der Waals surface area contributed by atoms with Crippen LogP contribution >= 0.6 is 22.7 Å². The van der Waals surface area contributed by atoms with Gasteiger partial charge in [-0.1, -0.05) is 0 Å². The van der Waals surface area contributed by atoms with Crippen molar-refractivity contribution in [3.05, 3.63) is 57.0 Å². The van der Waals surface area contributed by atoms with Crippen LogP contribution in [-0.2, 0) is 6.42 Å². The van der Waals surface area contributed by atoms with Crippen LogP contribution in [0.1, 0.15) is 20.2 Å². The standard InChI is InChI=1S/C18H17FN2O2S2/c1-11-21-15(10-24-11)17-6-4-13(25-17)7-8-20-18(22)12-3-5-16(23-2)14(19)9-12/h3-6,9-10H,7-8H2,1-2H3,(H,20,22). The Kier molecular flexibility index (Phi) is 5.45. The molecule has 0 fully saturated rings. The first kappa shape index (κ1) is 17.6. The second-order valence-electron chi connectivity index (χ2n) is 5.37. The molecule has 3 aromatic rings. The summed E-state index contributed by atoms with van der Waals surface area (Å²) in [4.78, 5) is 18.9. The maximum absolute atomic E-state index is 13.7. The molecule has 0 saturated heterocycles. The number of thiazole rings is 1. The van der Waals surface area contributed by atoms with E-state index in [2.05, 4.69) is 16.4 Å². The molecular formula is C18H17FN2O2S2. The quantitative estimate of drug-likeness (QED) is 0.698. The first-order valence-electron chi connectivity index (χ1n) is 7.70. The number of ether oxygens (including phenoxy) is 1. The molecule has 2 heterocycles. The van der Waals surface area contributed by atoms with Gasteiger partial charge in [-0.05, 0) is 43.7 Å². The average Bonchev–Trinajstić information content (AvgIpc) is 3.23. The van der Waals surface area contributed by atoms with Crippen molar-refractivity contribution in [3.8, 4) is 16.3 Å². The molecular weight excluding hydrogens is 359 g/mol. The van der Waals surface area contributed by atoms with Crippen molar-refractivity contribution in [1.82, 2.24) is 10.3 Å². The molecule has 0 bridgehead atoms. The van der Waals surface area contributed by atoms with E-state index in [-0.39, 0.29) is 17.2 Å². The summed E-state index contributed by atoms with van der Waals surface area (Å²) < 4.78 is 18.5. The Balaban J connectivity index is 1.55. The van der Waals surface area contributed by atoms with E-state index in [1.807, 2.05) is 18.4 Å². The van der Waals surface area contributed by atoms with Gasteiger partial charge in [-0.2, -0.15) is 0 Å². The Morgan fingerprint density at radius 3 is 2.84 bits per heavy atom. The summed E-state index contributed by atoms with van der Waals surface area (Å²) >= 11 is 3.30. The van der Waals surface area contributed by atoms with Crippen LogP contribution < -0.4 is 10.1 Å². The SMILES string of the molecule is COc1ccc(C(=O)NCCc2ccc(-c3csc(C)n3)s2)cc1F. The molecule has 0 saturated carbocycles. The largest absolute Gasteiger partial charge is 0.494 e. The molecule has 0 spiro atoms. The second-order valence-corrected chi connectivity index (χ2v) is 7.60. The fraction of sp³-hybridized carbons (Fsp3) is 0.222. The summed E-state index contributed by atoms with van der Waals surface area (Å²) in [6, 6.07) is 8.28. The zero-order chi connectivity index (χ0) is 17.8. The van der Waals surface area contributed by atoms with E-state index in [0.29, 0.717) is 6.54 Å². The van der Waals surface area contributed by atoms with Gasteiger partial charge in [0.15, 0.2) is 11.6 Å². The lowest BCUT2D eigenvalue weighted by molar-refractivity contribution is 0.0953. The normalized spacial score (nSPS) is 10.7. The van der Waals surface area contributed by atoms with Gasteiger partial charge in [-0.3, -0.25) is 4.79 Å². The third-order valence-electron chi connectivity index (χ3n) is 3.60. The molecule has 4 nitrogen and oxygen atoms in total. The number of carbonyl (C=O) groups is 1. The highest BCUT2D eigenvalue weighted by molar-refractivity contribution is 7.16. The first-order chi connectivity index (χ1) is 12.1. The van der Waals surface area contributed by atoms with E-state index in [4.69, 9.17) is 4.74 Å². The number of carbonyl (C=O) groups excluding carboxylic acids is 1. The molecule has 2 aromatic heterocycles. The van der Waals surface area contributed by atoms with Crippen molar-refractivity contribution in [2.24, 2.45) is 0 Å². The van der Waals surface area contributed by atoms with Crippen molar-refractivity contribution in [2.45, 2.75) is 13.3 Å². The number of thiophene rings is 1. The van der Waals surface area contributed by atoms with E-state index in [0.717, 1.165) is 22.0 Å². The first-order valence-corrected chi connectivity index (χ1v) is 9.39. The number of hydrogen-bond donors (Lipinski definition) is 1. The predicted molar refractivity (Wildman–Crippen MR) is 99.2 cm³/mol. The molecule has 1 amide bonds. The number of rotatable bonds is 6. The summed E-state index contributed by atoms with van der Waals surface area (Å²) in [6.45, 7) is 2.47. The lowest BCUT2D eigenvalue weighted by Crippen LogP contribution is -2.25. The molecule has 130 valence electrons. The van der Waals surface area contributed by atoms with Crippen molar-refractivity contribution >= 4 is 28.6 Å². The minimum absolute atomic E-state index is 0.125. The van der Waals surface area contributed by atoms with Crippen LogP contribution in [0.5, 0.6) is 5.75 Å². The predicted octanol–water partition coefficient (Wildman–Crippen LogP) is 4.30. The average molecular weight is 376 g/mol. The molecule has 7 heteroatoms. The lowest BCUT2D eigenvalue weighted by atomic mass is 10.2. The number of hydrogen-bond acceptors (Lipinski definition) is 5. The third-order valence-corrected chi connectivity index (χ3v) is 5.55. The van der Waals surface area contributed by atoms with Crippen molar-refractivity contribution in [3.63, 3.8) is 0 Å². The van der Waals surface area contributed by atoms with E-state index in [1.54, 1.807) is 28.7 Å². The van der Waals surface area contributed by atoms with Crippen molar-refractivity contribution in [2.75, 3.05) is 13.7 Å². The van der Waals surface area contributed by atoms with Crippen molar-refractivity contribution in [1.29, 1.82) is 0 Å². The number of methoxy groups -OCH3 is 1. The van der Waals surface area contributed by atoms with Gasteiger partial charge in [-0.25, -0.2) is 9.37 Å². The van der Waals surface area contributed by atoms with Crippen LogP contribution in [0.3, 0.4) is 0 Å². The Morgan fingerprint density at radius 1 is 1.32 bits per heavy atom. The zero-order valence-corrected chi connectivity index (χ0v) is 15.5. The molecule has 0 unspecified atom stereocenters. The number of amides is 1. The molecule has 0 atom stereocenters. The molecule has 1 N–H and O–H groups in total. The number of nitrogens with zero attached hydrogens (tertiary/aromatic N) is 1. The van der Waals surface area contributed by atoms with Crippen LogP contribution in [0.25, 0.3) is 10.6 Å². The highest BCUT2D eigenvalue weighted by Gasteiger charge is 2.10. The monoisotopic (exact) mass is 376 g/mol. The summed E-state index contributed by atoms with van der Waals surface area (Å²) in [5, 5.41) is 5.90. The van der Waals surface area contributed by atoms with Gasteiger partial charge in [0.05, 0.1) is 22.7 Å². The van der Waals surface area contributed by atoms with E-state index >= 15 is 0 Å². The highest BCUT2D eigenvalue weighted by atomic mass is 32.1. The number of aryl methyl sites for hydroxylation is 1. The second kappa shape index (κ2) is 7.76. The molecule has 25 heavy (non-hydrogen) atoms. The van der Waals surface area contributed by atoms with E-state index < -0.39 is 5.82 Å². The van der Waals surface area contributed by atoms with E-state index in [9.17, 15) is 9.18 Å². The summed E-state index contributed by atoms with van der Waals surface area (Å²) in [5.74, 6) is -0.718. The van der Waals surface area contributed by atoms with E-state index in [1.165, 1.54) is 24.1 Å².